The van der Waals surface area contributed by atoms with Crippen LogP contribution in [0.25, 0.3) is 22.3 Å². The van der Waals surface area contributed by atoms with Gasteiger partial charge in [-0.15, -0.1) is 0 Å². The topological polar surface area (TPSA) is 85.5 Å². The van der Waals surface area contributed by atoms with Gasteiger partial charge < -0.3 is 19.5 Å². The molecule has 0 bridgehead atoms. The first-order valence-corrected chi connectivity index (χ1v) is 9.48. The average Bonchev–Trinajstić information content (AvgIpc) is 3.18. The molecule has 8 heteroatoms. The second kappa shape index (κ2) is 8.22. The van der Waals surface area contributed by atoms with Crippen molar-refractivity contribution < 1.29 is 14.6 Å². The number of anilines is 1. The van der Waals surface area contributed by atoms with E-state index in [4.69, 9.17) is 19.4 Å². The van der Waals surface area contributed by atoms with Crippen LogP contribution in [0.15, 0.2) is 30.5 Å². The van der Waals surface area contributed by atoms with E-state index in [9.17, 15) is 5.11 Å². The smallest absolute Gasteiger partial charge is 0.228 e. The highest BCUT2D eigenvalue weighted by atomic mass is 16.5. The van der Waals surface area contributed by atoms with Crippen LogP contribution in [0.2, 0.25) is 0 Å². The first-order valence-electron chi connectivity index (χ1n) is 9.48. The fraction of sp³-hybridized carbons (Fsp3) is 0.450. The number of benzene rings is 1. The highest BCUT2D eigenvalue weighted by Gasteiger charge is 2.21. The zero-order valence-electron chi connectivity index (χ0n) is 16.2. The van der Waals surface area contributed by atoms with Crippen LogP contribution in [0.5, 0.6) is 0 Å². The van der Waals surface area contributed by atoms with Crippen LogP contribution in [-0.2, 0) is 16.1 Å². The average molecular weight is 383 g/mol. The zero-order valence-corrected chi connectivity index (χ0v) is 16.2. The third-order valence-electron chi connectivity index (χ3n) is 4.94. The van der Waals surface area contributed by atoms with Crippen molar-refractivity contribution in [3.63, 3.8) is 0 Å². The van der Waals surface area contributed by atoms with Crippen LogP contribution in [0, 0.1) is 0 Å². The molecule has 1 aromatic carbocycles. The molecule has 0 amide bonds. The van der Waals surface area contributed by atoms with Gasteiger partial charge in [-0.3, -0.25) is 0 Å². The van der Waals surface area contributed by atoms with Gasteiger partial charge in [-0.1, -0.05) is 18.2 Å². The molecule has 1 fully saturated rings. The summed E-state index contributed by atoms with van der Waals surface area (Å²) in [5, 5.41) is 15.0. The predicted molar refractivity (Wildman–Crippen MR) is 106 cm³/mol. The van der Waals surface area contributed by atoms with E-state index in [-0.39, 0.29) is 12.6 Å². The number of hydrogen-bond acceptors (Lipinski definition) is 7. The second-order valence-electron chi connectivity index (χ2n) is 6.96. The quantitative estimate of drug-likeness (QED) is 0.697. The van der Waals surface area contributed by atoms with E-state index in [2.05, 4.69) is 16.9 Å². The molecule has 2 aromatic heterocycles. The number of rotatable bonds is 6. The number of aromatic nitrogens is 4. The molecule has 0 spiro atoms. The highest BCUT2D eigenvalue weighted by molar-refractivity contribution is 5.91. The van der Waals surface area contributed by atoms with E-state index in [1.54, 1.807) is 7.11 Å². The largest absolute Gasteiger partial charge is 0.392 e. The van der Waals surface area contributed by atoms with E-state index < -0.39 is 0 Å². The summed E-state index contributed by atoms with van der Waals surface area (Å²) in [5.74, 6) is 0.673. The Labute approximate surface area is 163 Å². The van der Waals surface area contributed by atoms with Gasteiger partial charge in [0, 0.05) is 25.8 Å². The van der Waals surface area contributed by atoms with Gasteiger partial charge in [0.25, 0.3) is 0 Å². The second-order valence-corrected chi connectivity index (χ2v) is 6.96. The summed E-state index contributed by atoms with van der Waals surface area (Å²) in [6.07, 6.45) is 1.81. The van der Waals surface area contributed by atoms with E-state index in [1.807, 2.05) is 35.1 Å². The summed E-state index contributed by atoms with van der Waals surface area (Å²) in [6, 6.07) is 7.84. The predicted octanol–water partition coefficient (Wildman–Crippen LogP) is 2.03. The first-order chi connectivity index (χ1) is 13.7. The Morgan fingerprint density at radius 2 is 2.07 bits per heavy atom. The van der Waals surface area contributed by atoms with Crippen LogP contribution in [0.3, 0.4) is 0 Å². The summed E-state index contributed by atoms with van der Waals surface area (Å²) in [7, 11) is 1.68. The van der Waals surface area contributed by atoms with Crippen LogP contribution >= 0.6 is 0 Å². The monoisotopic (exact) mass is 383 g/mol. The summed E-state index contributed by atoms with van der Waals surface area (Å²) in [6.45, 7) is 5.42. The summed E-state index contributed by atoms with van der Waals surface area (Å²) in [5.41, 5.74) is 3.38. The summed E-state index contributed by atoms with van der Waals surface area (Å²) in [4.78, 5) is 11.9. The maximum absolute atomic E-state index is 9.53. The van der Waals surface area contributed by atoms with Gasteiger partial charge in [-0.2, -0.15) is 10.1 Å². The fourth-order valence-electron chi connectivity index (χ4n) is 3.49. The van der Waals surface area contributed by atoms with Gasteiger partial charge in [-0.05, 0) is 18.6 Å². The number of aliphatic hydroxyl groups excluding tert-OH is 1. The lowest BCUT2D eigenvalue weighted by Gasteiger charge is -2.27. The molecular weight excluding hydrogens is 358 g/mol. The molecule has 1 aliphatic rings. The van der Waals surface area contributed by atoms with Gasteiger partial charge in [0.05, 0.1) is 49.7 Å². The standard InChI is InChI=1S/C20H25N5O3/c1-14(13-27-2)25-19-17(11-21-25)18(16-5-3-4-15(10-16)12-26)22-20(23-19)24-6-8-28-9-7-24/h3-5,10-11,14,26H,6-9,12-13H2,1-2H3. The van der Waals surface area contributed by atoms with Crippen molar-refractivity contribution in [2.75, 3.05) is 44.9 Å². The molecule has 3 heterocycles. The van der Waals surface area contributed by atoms with Crippen LogP contribution in [-0.4, -0.2) is 64.9 Å². The van der Waals surface area contributed by atoms with Crippen molar-refractivity contribution in [1.29, 1.82) is 0 Å². The molecule has 1 atom stereocenters. The normalized spacial score (nSPS) is 15.9. The Balaban J connectivity index is 1.88. The Morgan fingerprint density at radius 3 is 2.82 bits per heavy atom. The van der Waals surface area contributed by atoms with Gasteiger partial charge in [0.2, 0.25) is 5.95 Å². The molecule has 8 nitrogen and oxygen atoms in total. The number of ether oxygens (including phenoxy) is 2. The third kappa shape index (κ3) is 3.58. The highest BCUT2D eigenvalue weighted by Crippen LogP contribution is 2.30. The number of nitrogens with zero attached hydrogens (tertiary/aromatic N) is 5. The third-order valence-corrected chi connectivity index (χ3v) is 4.94. The van der Waals surface area contributed by atoms with Crippen molar-refractivity contribution in [2.24, 2.45) is 0 Å². The molecule has 1 saturated heterocycles. The number of morpholine rings is 1. The summed E-state index contributed by atoms with van der Waals surface area (Å²) < 4.78 is 12.7. The lowest BCUT2D eigenvalue weighted by atomic mass is 10.1. The van der Waals surface area contributed by atoms with E-state index in [1.165, 1.54) is 0 Å². The van der Waals surface area contributed by atoms with Crippen molar-refractivity contribution in [3.05, 3.63) is 36.0 Å². The Kier molecular flexibility index (Phi) is 5.52. The van der Waals surface area contributed by atoms with Gasteiger partial charge in [0.1, 0.15) is 0 Å². The number of methoxy groups -OCH3 is 1. The molecule has 3 aromatic rings. The van der Waals surface area contributed by atoms with Crippen molar-refractivity contribution in [1.82, 2.24) is 19.7 Å². The summed E-state index contributed by atoms with van der Waals surface area (Å²) >= 11 is 0. The molecule has 4 rings (SSSR count). The maximum Gasteiger partial charge on any atom is 0.228 e. The lowest BCUT2D eigenvalue weighted by Crippen LogP contribution is -2.37. The molecule has 1 aliphatic heterocycles. The fourth-order valence-corrected chi connectivity index (χ4v) is 3.49. The van der Waals surface area contributed by atoms with E-state index in [0.717, 1.165) is 40.9 Å². The van der Waals surface area contributed by atoms with Crippen LogP contribution in [0.1, 0.15) is 18.5 Å². The molecular formula is C20H25N5O3. The van der Waals surface area contributed by atoms with Crippen LogP contribution < -0.4 is 4.90 Å². The van der Waals surface area contributed by atoms with Crippen molar-refractivity contribution in [2.45, 2.75) is 19.6 Å². The van der Waals surface area contributed by atoms with Gasteiger partial charge >= 0.3 is 0 Å². The molecule has 0 radical (unpaired) electrons. The number of fused-ring (bicyclic) bond motifs is 1. The Hall–Kier alpha value is -2.55. The molecule has 1 unspecified atom stereocenters. The molecule has 148 valence electrons. The minimum Gasteiger partial charge on any atom is -0.392 e. The maximum atomic E-state index is 9.53. The van der Waals surface area contributed by atoms with Crippen molar-refractivity contribution >= 4 is 17.0 Å². The lowest BCUT2D eigenvalue weighted by molar-refractivity contribution is 0.122. The number of hydrogen-bond donors (Lipinski definition) is 1. The van der Waals surface area contributed by atoms with E-state index >= 15 is 0 Å². The minimum atomic E-state index is -0.0114. The molecule has 1 N–H and O–H groups in total. The number of aliphatic hydroxyl groups is 1. The van der Waals surface area contributed by atoms with Gasteiger partial charge in [0.15, 0.2) is 5.65 Å². The van der Waals surface area contributed by atoms with E-state index in [0.29, 0.717) is 25.8 Å². The Morgan fingerprint density at radius 1 is 1.25 bits per heavy atom. The van der Waals surface area contributed by atoms with Crippen molar-refractivity contribution in [3.8, 4) is 11.3 Å². The molecule has 28 heavy (non-hydrogen) atoms. The molecule has 0 aliphatic carbocycles. The molecule has 0 saturated carbocycles. The Bertz CT molecular complexity index is 952. The minimum absolute atomic E-state index is 0.0114. The zero-order chi connectivity index (χ0) is 19.5. The SMILES string of the molecule is COCC(C)n1ncc2c(-c3cccc(CO)c3)nc(N3CCOCC3)nc21. The van der Waals surface area contributed by atoms with Crippen LogP contribution in [0.4, 0.5) is 5.95 Å². The first kappa shape index (κ1) is 18.8. The van der Waals surface area contributed by atoms with Gasteiger partial charge in [-0.25, -0.2) is 9.67 Å².